The second-order valence-corrected chi connectivity index (χ2v) is 4.67. The number of rotatable bonds is 7. The summed E-state index contributed by atoms with van der Waals surface area (Å²) in [4.78, 5) is 0. The highest BCUT2D eigenvalue weighted by Gasteiger charge is 2.03. The molecule has 0 aliphatic heterocycles. The molecule has 0 amide bonds. The van der Waals surface area contributed by atoms with Gasteiger partial charge in [0.05, 0.1) is 12.2 Å². The monoisotopic (exact) mass is 282 g/mol. The smallest absolute Gasteiger partial charge is 0.137 e. The quantitative estimate of drug-likeness (QED) is 0.398. The molecule has 0 spiro atoms. The van der Waals surface area contributed by atoms with Crippen LogP contribution in [0.3, 0.4) is 0 Å². The molecule has 0 aliphatic carbocycles. The largest absolute Gasteiger partial charge is 0.492 e. The third-order valence-corrected chi connectivity index (χ3v) is 2.83. The van der Waals surface area contributed by atoms with Crippen LogP contribution in [0.1, 0.15) is 44.6 Å². The van der Waals surface area contributed by atoms with Crippen molar-refractivity contribution in [3.63, 3.8) is 0 Å². The summed E-state index contributed by atoms with van der Waals surface area (Å²) >= 11 is 5.57. The molecule has 0 heterocycles. The molecule has 19 heavy (non-hydrogen) atoms. The first-order chi connectivity index (χ1) is 9.27. The standard InChI is InChI=1S/C16H20ClFO/c1-2-3-4-7-12-19-16-13-15(18)10-9-14(16)8-5-6-11-17/h9-10,13H,2-4,6-7,11-12H2,1H3. The Morgan fingerprint density at radius 3 is 2.84 bits per heavy atom. The first-order valence-electron chi connectivity index (χ1n) is 6.75. The number of unbranched alkanes of at least 4 members (excludes halogenated alkanes) is 3. The lowest BCUT2D eigenvalue weighted by Gasteiger charge is -2.08. The SMILES string of the molecule is CCCCCCOc1cc(F)ccc1C#CCCCl. The molecule has 0 fully saturated rings. The molecular formula is C16H20ClFO. The molecule has 0 bridgehead atoms. The maximum Gasteiger partial charge on any atom is 0.137 e. The molecule has 0 saturated heterocycles. The van der Waals surface area contributed by atoms with E-state index in [4.69, 9.17) is 16.3 Å². The third kappa shape index (κ3) is 6.50. The molecule has 104 valence electrons. The van der Waals surface area contributed by atoms with Gasteiger partial charge in [0, 0.05) is 18.4 Å². The highest BCUT2D eigenvalue weighted by molar-refractivity contribution is 6.18. The number of alkyl halides is 1. The predicted octanol–water partition coefficient (Wildman–Crippen LogP) is 4.77. The van der Waals surface area contributed by atoms with Gasteiger partial charge in [0.2, 0.25) is 0 Å². The Morgan fingerprint density at radius 2 is 2.11 bits per heavy atom. The van der Waals surface area contributed by atoms with E-state index in [1.54, 1.807) is 6.07 Å². The minimum absolute atomic E-state index is 0.300. The Morgan fingerprint density at radius 1 is 1.26 bits per heavy atom. The Labute approximate surface area is 120 Å². The number of hydrogen-bond donors (Lipinski definition) is 0. The van der Waals surface area contributed by atoms with Gasteiger partial charge in [-0.3, -0.25) is 0 Å². The minimum Gasteiger partial charge on any atom is -0.492 e. The molecule has 1 aromatic carbocycles. The van der Waals surface area contributed by atoms with E-state index in [0.717, 1.165) is 18.4 Å². The first-order valence-corrected chi connectivity index (χ1v) is 7.28. The van der Waals surface area contributed by atoms with Gasteiger partial charge in [0.15, 0.2) is 0 Å². The van der Waals surface area contributed by atoms with Crippen molar-refractivity contribution in [2.24, 2.45) is 0 Å². The fourth-order valence-electron chi connectivity index (χ4n) is 1.63. The lowest BCUT2D eigenvalue weighted by molar-refractivity contribution is 0.303. The molecule has 0 aliphatic rings. The van der Waals surface area contributed by atoms with Crippen LogP contribution >= 0.6 is 11.6 Å². The summed E-state index contributed by atoms with van der Waals surface area (Å²) in [6.07, 6.45) is 5.14. The molecule has 0 saturated carbocycles. The summed E-state index contributed by atoms with van der Waals surface area (Å²) in [5.74, 6) is 6.63. The van der Waals surface area contributed by atoms with Crippen LogP contribution in [-0.4, -0.2) is 12.5 Å². The number of halogens is 2. The van der Waals surface area contributed by atoms with E-state index < -0.39 is 0 Å². The fourth-order valence-corrected chi connectivity index (χ4v) is 1.73. The van der Waals surface area contributed by atoms with E-state index in [1.165, 1.54) is 25.0 Å². The van der Waals surface area contributed by atoms with E-state index in [1.807, 2.05) is 0 Å². The van der Waals surface area contributed by atoms with E-state index in [-0.39, 0.29) is 5.82 Å². The van der Waals surface area contributed by atoms with Crippen molar-refractivity contribution in [2.45, 2.75) is 39.0 Å². The third-order valence-electron chi connectivity index (χ3n) is 2.64. The summed E-state index contributed by atoms with van der Waals surface area (Å²) < 4.78 is 18.8. The predicted molar refractivity (Wildman–Crippen MR) is 78.3 cm³/mol. The second kappa shape index (κ2) is 9.69. The van der Waals surface area contributed by atoms with E-state index >= 15 is 0 Å². The molecule has 0 atom stereocenters. The van der Waals surface area contributed by atoms with Gasteiger partial charge in [0.25, 0.3) is 0 Å². The van der Waals surface area contributed by atoms with Crippen LogP contribution in [0.2, 0.25) is 0 Å². The van der Waals surface area contributed by atoms with Crippen LogP contribution < -0.4 is 4.74 Å². The average molecular weight is 283 g/mol. The minimum atomic E-state index is -0.300. The molecule has 1 nitrogen and oxygen atoms in total. The van der Waals surface area contributed by atoms with Gasteiger partial charge < -0.3 is 4.74 Å². The fraction of sp³-hybridized carbons (Fsp3) is 0.500. The highest BCUT2D eigenvalue weighted by Crippen LogP contribution is 2.19. The van der Waals surface area contributed by atoms with Crippen molar-refractivity contribution >= 4 is 11.6 Å². The average Bonchev–Trinajstić information content (AvgIpc) is 2.41. The maximum absolute atomic E-state index is 13.2. The lowest BCUT2D eigenvalue weighted by Crippen LogP contribution is -1.99. The summed E-state index contributed by atoms with van der Waals surface area (Å²) in [5.41, 5.74) is 0.724. The van der Waals surface area contributed by atoms with Crippen LogP contribution in [0.5, 0.6) is 5.75 Å². The van der Waals surface area contributed by atoms with E-state index in [9.17, 15) is 4.39 Å². The molecular weight excluding hydrogens is 263 g/mol. The van der Waals surface area contributed by atoms with Gasteiger partial charge in [-0.15, -0.1) is 11.6 Å². The van der Waals surface area contributed by atoms with Crippen molar-refractivity contribution in [1.29, 1.82) is 0 Å². The normalized spacial score (nSPS) is 9.84. The van der Waals surface area contributed by atoms with Crippen molar-refractivity contribution in [3.8, 4) is 17.6 Å². The zero-order valence-corrected chi connectivity index (χ0v) is 12.1. The van der Waals surface area contributed by atoms with Gasteiger partial charge in [-0.1, -0.05) is 38.0 Å². The zero-order valence-electron chi connectivity index (χ0n) is 11.3. The molecule has 1 aromatic rings. The van der Waals surface area contributed by atoms with Gasteiger partial charge >= 0.3 is 0 Å². The first kappa shape index (κ1) is 15.9. The van der Waals surface area contributed by atoms with Crippen LogP contribution in [0.25, 0.3) is 0 Å². The molecule has 1 rings (SSSR count). The Bertz CT molecular complexity index is 434. The molecule has 0 radical (unpaired) electrons. The molecule has 0 aromatic heterocycles. The van der Waals surface area contributed by atoms with Gasteiger partial charge in [-0.2, -0.15) is 0 Å². The van der Waals surface area contributed by atoms with Crippen LogP contribution in [0, 0.1) is 17.7 Å². The molecule has 0 N–H and O–H groups in total. The summed E-state index contributed by atoms with van der Waals surface area (Å²) in [6.45, 7) is 2.77. The maximum atomic E-state index is 13.2. The zero-order chi connectivity index (χ0) is 13.9. The molecule has 3 heteroatoms. The van der Waals surface area contributed by atoms with Gasteiger partial charge in [-0.25, -0.2) is 4.39 Å². The van der Waals surface area contributed by atoms with Crippen molar-refractivity contribution in [1.82, 2.24) is 0 Å². The highest BCUT2D eigenvalue weighted by atomic mass is 35.5. The summed E-state index contributed by atoms with van der Waals surface area (Å²) in [7, 11) is 0. The second-order valence-electron chi connectivity index (χ2n) is 4.29. The topological polar surface area (TPSA) is 9.23 Å². The van der Waals surface area contributed by atoms with Gasteiger partial charge in [-0.05, 0) is 18.6 Å². The Balaban J connectivity index is 2.59. The Hall–Kier alpha value is -1.20. The number of benzene rings is 1. The Kier molecular flexibility index (Phi) is 8.09. The van der Waals surface area contributed by atoms with Crippen LogP contribution in [-0.2, 0) is 0 Å². The van der Waals surface area contributed by atoms with Crippen LogP contribution in [0.15, 0.2) is 18.2 Å². The lowest BCUT2D eigenvalue weighted by atomic mass is 10.2. The van der Waals surface area contributed by atoms with Crippen molar-refractivity contribution in [3.05, 3.63) is 29.6 Å². The van der Waals surface area contributed by atoms with Gasteiger partial charge in [0.1, 0.15) is 11.6 Å². The molecule has 0 unspecified atom stereocenters. The summed E-state index contributed by atoms with van der Waals surface area (Å²) in [6, 6.07) is 4.44. The summed E-state index contributed by atoms with van der Waals surface area (Å²) in [5, 5.41) is 0. The van der Waals surface area contributed by atoms with Crippen molar-refractivity contribution < 1.29 is 9.13 Å². The number of ether oxygens (including phenoxy) is 1. The number of hydrogen-bond acceptors (Lipinski definition) is 1. The van der Waals surface area contributed by atoms with Crippen LogP contribution in [0.4, 0.5) is 4.39 Å². The van der Waals surface area contributed by atoms with E-state index in [2.05, 4.69) is 18.8 Å². The van der Waals surface area contributed by atoms with Crippen molar-refractivity contribution in [2.75, 3.05) is 12.5 Å². The van der Waals surface area contributed by atoms with E-state index in [0.29, 0.717) is 24.7 Å².